The molecule has 0 spiro atoms. The summed E-state index contributed by atoms with van der Waals surface area (Å²) in [5, 5.41) is 0. The fraction of sp³-hybridized carbons (Fsp3) is 1.00. The van der Waals surface area contributed by atoms with Crippen molar-refractivity contribution in [2.75, 3.05) is 19.6 Å². The van der Waals surface area contributed by atoms with Gasteiger partial charge in [-0.1, -0.05) is 0 Å². The first-order chi connectivity index (χ1) is 6.74. The molecule has 2 atom stereocenters. The number of hydrogen-bond acceptors (Lipinski definition) is 3. The largest absolute Gasteiger partial charge is 0.374 e. The first-order valence-electron chi connectivity index (χ1n) is 5.87. The van der Waals surface area contributed by atoms with Crippen LogP contribution in [-0.4, -0.2) is 42.8 Å². The van der Waals surface area contributed by atoms with Crippen LogP contribution in [0.4, 0.5) is 0 Å². The maximum absolute atomic E-state index is 5.87. The number of nitrogens with zero attached hydrogens (tertiary/aromatic N) is 1. The minimum absolute atomic E-state index is 0.440. The molecule has 3 nitrogen and oxygen atoms in total. The Hall–Kier alpha value is -0.120. The van der Waals surface area contributed by atoms with Crippen LogP contribution in [-0.2, 0) is 4.74 Å². The lowest BCUT2D eigenvalue weighted by Crippen LogP contribution is -2.42. The molecule has 2 N–H and O–H groups in total. The number of hydrogen-bond donors (Lipinski definition) is 1. The van der Waals surface area contributed by atoms with Crippen molar-refractivity contribution >= 4 is 0 Å². The van der Waals surface area contributed by atoms with Crippen LogP contribution >= 0.6 is 0 Å². The summed E-state index contributed by atoms with van der Waals surface area (Å²) in [7, 11) is 0. The molecule has 0 amide bonds. The zero-order chi connectivity index (χ0) is 9.97. The Morgan fingerprint density at radius 2 is 1.93 bits per heavy atom. The smallest absolute Gasteiger partial charge is 0.0706 e. The summed E-state index contributed by atoms with van der Waals surface area (Å²) in [5.74, 6) is 0. The van der Waals surface area contributed by atoms with Gasteiger partial charge in [0.15, 0.2) is 0 Å². The van der Waals surface area contributed by atoms with Gasteiger partial charge in [0.1, 0.15) is 0 Å². The summed E-state index contributed by atoms with van der Waals surface area (Å²) < 4.78 is 5.82. The predicted molar refractivity (Wildman–Crippen MR) is 57.2 cm³/mol. The molecule has 2 unspecified atom stereocenters. The van der Waals surface area contributed by atoms with Gasteiger partial charge in [0, 0.05) is 12.6 Å². The Morgan fingerprint density at radius 1 is 1.21 bits per heavy atom. The van der Waals surface area contributed by atoms with Crippen molar-refractivity contribution in [3.05, 3.63) is 0 Å². The van der Waals surface area contributed by atoms with Gasteiger partial charge < -0.3 is 15.4 Å². The van der Waals surface area contributed by atoms with Crippen LogP contribution in [0.1, 0.15) is 32.6 Å². The number of rotatable bonds is 2. The number of piperidine rings is 1. The van der Waals surface area contributed by atoms with Gasteiger partial charge in [0.2, 0.25) is 0 Å². The van der Waals surface area contributed by atoms with Gasteiger partial charge in [0.25, 0.3) is 0 Å². The average molecular weight is 198 g/mol. The van der Waals surface area contributed by atoms with E-state index in [2.05, 4.69) is 11.8 Å². The highest BCUT2D eigenvalue weighted by molar-refractivity contribution is 4.79. The molecule has 0 aromatic carbocycles. The molecule has 3 heteroatoms. The van der Waals surface area contributed by atoms with Gasteiger partial charge in [0.05, 0.1) is 12.2 Å². The minimum atomic E-state index is 0.440. The number of nitrogens with two attached hydrogens (primary N) is 1. The molecule has 2 aliphatic rings. The van der Waals surface area contributed by atoms with Gasteiger partial charge in [-0.2, -0.15) is 0 Å². The molecule has 0 aromatic rings. The van der Waals surface area contributed by atoms with Gasteiger partial charge in [-0.3, -0.25) is 0 Å². The second kappa shape index (κ2) is 4.60. The number of ether oxygens (including phenoxy) is 1. The highest BCUT2D eigenvalue weighted by Gasteiger charge is 2.25. The van der Waals surface area contributed by atoms with Crippen LogP contribution in [0.5, 0.6) is 0 Å². The maximum atomic E-state index is 5.87. The molecule has 0 aliphatic carbocycles. The van der Waals surface area contributed by atoms with E-state index < -0.39 is 0 Å². The van der Waals surface area contributed by atoms with E-state index in [1.165, 1.54) is 12.8 Å². The summed E-state index contributed by atoms with van der Waals surface area (Å²) in [4.78, 5) is 2.51. The van der Waals surface area contributed by atoms with Crippen molar-refractivity contribution in [2.45, 2.75) is 50.9 Å². The van der Waals surface area contributed by atoms with Crippen LogP contribution in [0.3, 0.4) is 0 Å². The van der Waals surface area contributed by atoms with E-state index in [4.69, 9.17) is 10.5 Å². The third kappa shape index (κ3) is 2.69. The molecule has 2 saturated heterocycles. The predicted octanol–water partition coefficient (Wildman–Crippen LogP) is 0.977. The van der Waals surface area contributed by atoms with Crippen molar-refractivity contribution in [3.63, 3.8) is 0 Å². The van der Waals surface area contributed by atoms with Crippen LogP contribution < -0.4 is 5.73 Å². The van der Waals surface area contributed by atoms with E-state index in [1.54, 1.807) is 0 Å². The molecule has 2 aliphatic heterocycles. The third-order valence-corrected chi connectivity index (χ3v) is 3.41. The summed E-state index contributed by atoms with van der Waals surface area (Å²) in [5.41, 5.74) is 5.87. The van der Waals surface area contributed by atoms with E-state index in [9.17, 15) is 0 Å². The minimum Gasteiger partial charge on any atom is -0.374 e. The molecule has 0 saturated carbocycles. The Kier molecular flexibility index (Phi) is 3.42. The van der Waals surface area contributed by atoms with E-state index in [-0.39, 0.29) is 0 Å². The van der Waals surface area contributed by atoms with Crippen molar-refractivity contribution in [1.29, 1.82) is 0 Å². The molecule has 14 heavy (non-hydrogen) atoms. The van der Waals surface area contributed by atoms with Gasteiger partial charge in [-0.15, -0.1) is 0 Å². The van der Waals surface area contributed by atoms with E-state index in [0.29, 0.717) is 18.2 Å². The average Bonchev–Trinajstić information content (AvgIpc) is 2.56. The van der Waals surface area contributed by atoms with Crippen LogP contribution in [0.2, 0.25) is 0 Å². The van der Waals surface area contributed by atoms with Crippen molar-refractivity contribution in [3.8, 4) is 0 Å². The van der Waals surface area contributed by atoms with Crippen LogP contribution in [0, 0.1) is 0 Å². The molecular formula is C11H22N2O. The lowest BCUT2D eigenvalue weighted by molar-refractivity contribution is 0.0265. The van der Waals surface area contributed by atoms with Gasteiger partial charge >= 0.3 is 0 Å². The highest BCUT2D eigenvalue weighted by Crippen LogP contribution is 2.21. The van der Waals surface area contributed by atoms with Crippen LogP contribution in [0.15, 0.2) is 0 Å². The fourth-order valence-electron chi connectivity index (χ4n) is 2.44. The topological polar surface area (TPSA) is 38.5 Å². The Bertz CT molecular complexity index is 178. The normalized spacial score (nSPS) is 36.4. The Labute approximate surface area is 86.6 Å². The summed E-state index contributed by atoms with van der Waals surface area (Å²) in [6.45, 7) is 5.62. The summed E-state index contributed by atoms with van der Waals surface area (Å²) >= 11 is 0. The fourth-order valence-corrected chi connectivity index (χ4v) is 2.44. The summed E-state index contributed by atoms with van der Waals surface area (Å²) in [6.07, 6.45) is 5.75. The lowest BCUT2D eigenvalue weighted by Gasteiger charge is -2.31. The molecule has 2 rings (SSSR count). The first-order valence-corrected chi connectivity index (χ1v) is 5.87. The molecule has 0 radical (unpaired) electrons. The quantitative estimate of drug-likeness (QED) is 0.719. The molecule has 2 heterocycles. The number of likely N-dealkylation sites (tertiary alicyclic amines) is 1. The highest BCUT2D eigenvalue weighted by atomic mass is 16.5. The first kappa shape index (κ1) is 10.4. The molecule has 0 bridgehead atoms. The Morgan fingerprint density at radius 3 is 2.50 bits per heavy atom. The molecular weight excluding hydrogens is 176 g/mol. The lowest BCUT2D eigenvalue weighted by atomic mass is 10.1. The van der Waals surface area contributed by atoms with Gasteiger partial charge in [-0.05, 0) is 45.7 Å². The van der Waals surface area contributed by atoms with E-state index in [0.717, 1.165) is 32.5 Å². The van der Waals surface area contributed by atoms with Crippen molar-refractivity contribution in [1.82, 2.24) is 4.90 Å². The monoisotopic (exact) mass is 198 g/mol. The maximum Gasteiger partial charge on any atom is 0.0706 e. The SMILES string of the molecule is CC1CCC(CN2CCC(N)CC2)O1. The summed E-state index contributed by atoms with van der Waals surface area (Å²) in [6, 6.07) is 0.440. The standard InChI is InChI=1S/C11H22N2O/c1-9-2-3-11(14-9)8-13-6-4-10(12)5-7-13/h9-11H,2-8,12H2,1H3. The van der Waals surface area contributed by atoms with Crippen LogP contribution in [0.25, 0.3) is 0 Å². The zero-order valence-electron chi connectivity index (χ0n) is 9.11. The van der Waals surface area contributed by atoms with E-state index >= 15 is 0 Å². The third-order valence-electron chi connectivity index (χ3n) is 3.41. The molecule has 0 aromatic heterocycles. The zero-order valence-corrected chi connectivity index (χ0v) is 9.11. The second-order valence-electron chi connectivity index (χ2n) is 4.78. The van der Waals surface area contributed by atoms with Gasteiger partial charge in [-0.25, -0.2) is 0 Å². The molecule has 2 fully saturated rings. The van der Waals surface area contributed by atoms with Crippen molar-refractivity contribution in [2.24, 2.45) is 5.73 Å². The Balaban J connectivity index is 1.70. The van der Waals surface area contributed by atoms with E-state index in [1.807, 2.05) is 0 Å². The second-order valence-corrected chi connectivity index (χ2v) is 4.78. The molecule has 82 valence electrons. The van der Waals surface area contributed by atoms with Crippen molar-refractivity contribution < 1.29 is 4.74 Å².